The van der Waals surface area contributed by atoms with Crippen LogP contribution < -0.4 is 4.74 Å². The molecule has 118 valence electrons. The fraction of sp³-hybridized carbons (Fsp3) is 0.667. The van der Waals surface area contributed by atoms with Gasteiger partial charge in [0.1, 0.15) is 5.75 Å². The number of hydrogen-bond acceptors (Lipinski definition) is 1. The van der Waals surface area contributed by atoms with E-state index in [-0.39, 0.29) is 5.75 Å². The Morgan fingerprint density at radius 2 is 1.71 bits per heavy atom. The van der Waals surface area contributed by atoms with E-state index in [0.29, 0.717) is 12.3 Å². The number of halogens is 2. The molecule has 1 nitrogen and oxygen atoms in total. The second kappa shape index (κ2) is 6.76. The Hall–Kier alpha value is -1.12. The molecule has 0 heterocycles. The first-order valence-electron chi connectivity index (χ1n) is 8.09. The van der Waals surface area contributed by atoms with Crippen LogP contribution in [-0.2, 0) is 0 Å². The van der Waals surface area contributed by atoms with Gasteiger partial charge < -0.3 is 4.74 Å². The first kappa shape index (κ1) is 16.3. The molecule has 2 rings (SSSR count). The predicted octanol–water partition coefficient (Wildman–Crippen LogP) is 6.00. The summed E-state index contributed by atoms with van der Waals surface area (Å²) in [6.07, 6.45) is 2.21. The fourth-order valence-electron chi connectivity index (χ4n) is 2.90. The monoisotopic (exact) mass is 296 g/mol. The summed E-state index contributed by atoms with van der Waals surface area (Å²) in [5.41, 5.74) is 1.25. The van der Waals surface area contributed by atoms with Crippen LogP contribution in [0.4, 0.5) is 8.78 Å². The Balaban J connectivity index is 1.99. The number of hydrogen-bond donors (Lipinski definition) is 0. The summed E-state index contributed by atoms with van der Waals surface area (Å²) in [6.45, 7) is 5.55. The molecule has 0 aliphatic heterocycles. The zero-order chi connectivity index (χ0) is 15.5. The minimum absolute atomic E-state index is 0.258. The smallest absolute Gasteiger partial charge is 0.400 e. The third-order valence-electron chi connectivity index (χ3n) is 4.81. The molecular formula is C18H26F2O. The van der Waals surface area contributed by atoms with Gasteiger partial charge in [-0.05, 0) is 48.8 Å². The molecule has 3 heteroatoms. The van der Waals surface area contributed by atoms with Gasteiger partial charge in [0, 0.05) is 0 Å². The van der Waals surface area contributed by atoms with Crippen molar-refractivity contribution in [2.75, 3.05) is 0 Å². The van der Waals surface area contributed by atoms with Gasteiger partial charge in [0.05, 0.1) is 5.92 Å². The van der Waals surface area contributed by atoms with Gasteiger partial charge in [0.15, 0.2) is 0 Å². The summed E-state index contributed by atoms with van der Waals surface area (Å²) in [6, 6.07) is 7.26. The van der Waals surface area contributed by atoms with Gasteiger partial charge in [0.2, 0.25) is 0 Å². The first-order valence-corrected chi connectivity index (χ1v) is 8.09. The van der Waals surface area contributed by atoms with E-state index >= 15 is 0 Å². The van der Waals surface area contributed by atoms with Crippen LogP contribution in [0.1, 0.15) is 64.4 Å². The highest BCUT2D eigenvalue weighted by atomic mass is 19.3. The maximum atomic E-state index is 13.8. The topological polar surface area (TPSA) is 9.23 Å². The largest absolute Gasteiger partial charge is 0.432 e. The maximum absolute atomic E-state index is 13.8. The van der Waals surface area contributed by atoms with Crippen LogP contribution in [-0.4, -0.2) is 6.11 Å². The Kier molecular flexibility index (Phi) is 5.23. The third kappa shape index (κ3) is 4.18. The molecule has 1 aliphatic carbocycles. The van der Waals surface area contributed by atoms with Gasteiger partial charge in [-0.2, -0.15) is 8.78 Å². The minimum Gasteiger partial charge on any atom is -0.432 e. The number of rotatable bonds is 5. The van der Waals surface area contributed by atoms with Crippen LogP contribution >= 0.6 is 0 Å². The molecule has 0 aromatic heterocycles. The molecule has 1 aliphatic rings. The Bertz CT molecular complexity index is 433. The summed E-state index contributed by atoms with van der Waals surface area (Å²) in [7, 11) is 0. The summed E-state index contributed by atoms with van der Waals surface area (Å²) in [4.78, 5) is 0. The van der Waals surface area contributed by atoms with Crippen molar-refractivity contribution in [2.45, 2.75) is 64.9 Å². The molecule has 1 unspecified atom stereocenters. The third-order valence-corrected chi connectivity index (χ3v) is 4.81. The second-order valence-corrected chi connectivity index (χ2v) is 6.50. The summed E-state index contributed by atoms with van der Waals surface area (Å²) in [5, 5.41) is 0. The van der Waals surface area contributed by atoms with Gasteiger partial charge in [0.25, 0.3) is 0 Å². The normalized spacial score (nSPS) is 24.6. The van der Waals surface area contributed by atoms with Gasteiger partial charge in [-0.3, -0.25) is 0 Å². The van der Waals surface area contributed by atoms with E-state index in [4.69, 9.17) is 4.74 Å². The molecule has 0 amide bonds. The highest BCUT2D eigenvalue weighted by Crippen LogP contribution is 2.37. The van der Waals surface area contributed by atoms with Crippen molar-refractivity contribution in [3.8, 4) is 5.75 Å². The summed E-state index contributed by atoms with van der Waals surface area (Å²) >= 11 is 0. The second-order valence-electron chi connectivity index (χ2n) is 6.50. The van der Waals surface area contributed by atoms with E-state index in [1.807, 2.05) is 12.1 Å². The van der Waals surface area contributed by atoms with Crippen LogP contribution in [0.2, 0.25) is 0 Å². The quantitative estimate of drug-likeness (QED) is 0.647. The highest BCUT2D eigenvalue weighted by molar-refractivity contribution is 5.30. The summed E-state index contributed by atoms with van der Waals surface area (Å²) in [5.74, 6) is 0.869. The van der Waals surface area contributed by atoms with Crippen molar-refractivity contribution >= 4 is 0 Å². The SMILES string of the molecule is CCC(C)C(F)(F)Oc1ccc(C2CCC(C)CC2)cc1. The van der Waals surface area contributed by atoms with Crippen LogP contribution in [0.15, 0.2) is 24.3 Å². The standard InChI is InChI=1S/C18H26F2O/c1-4-14(3)18(19,20)21-17-11-9-16(10-12-17)15-7-5-13(2)6-8-15/h9-15H,4-8H2,1-3H3. The van der Waals surface area contributed by atoms with Crippen molar-refractivity contribution < 1.29 is 13.5 Å². The molecule has 1 aromatic carbocycles. The molecule has 0 saturated heterocycles. The van der Waals surface area contributed by atoms with E-state index < -0.39 is 12.0 Å². The Labute approximate surface area is 126 Å². The molecule has 0 bridgehead atoms. The van der Waals surface area contributed by atoms with Crippen molar-refractivity contribution in [1.29, 1.82) is 0 Å². The molecule has 0 radical (unpaired) electrons. The minimum atomic E-state index is -3.10. The maximum Gasteiger partial charge on any atom is 0.400 e. The lowest BCUT2D eigenvalue weighted by Gasteiger charge is -2.27. The van der Waals surface area contributed by atoms with Crippen molar-refractivity contribution in [2.24, 2.45) is 11.8 Å². The molecule has 1 aromatic rings. The molecule has 1 fully saturated rings. The average molecular weight is 296 g/mol. The van der Waals surface area contributed by atoms with E-state index in [1.165, 1.54) is 38.2 Å². The first-order chi connectivity index (χ1) is 9.92. The van der Waals surface area contributed by atoms with Crippen LogP contribution in [0.25, 0.3) is 0 Å². The molecule has 1 atom stereocenters. The lowest BCUT2D eigenvalue weighted by Crippen LogP contribution is -2.32. The predicted molar refractivity (Wildman–Crippen MR) is 81.8 cm³/mol. The average Bonchev–Trinajstić information content (AvgIpc) is 2.47. The number of benzene rings is 1. The fourth-order valence-corrected chi connectivity index (χ4v) is 2.90. The van der Waals surface area contributed by atoms with Gasteiger partial charge in [-0.25, -0.2) is 0 Å². The lowest BCUT2D eigenvalue weighted by atomic mass is 9.79. The Morgan fingerprint density at radius 1 is 1.14 bits per heavy atom. The van der Waals surface area contributed by atoms with E-state index in [2.05, 4.69) is 6.92 Å². The lowest BCUT2D eigenvalue weighted by molar-refractivity contribution is -0.212. The number of ether oxygens (including phenoxy) is 1. The van der Waals surface area contributed by atoms with Crippen LogP contribution in [0, 0.1) is 11.8 Å². The zero-order valence-electron chi connectivity index (χ0n) is 13.2. The van der Waals surface area contributed by atoms with E-state index in [1.54, 1.807) is 19.1 Å². The molecule has 1 saturated carbocycles. The van der Waals surface area contributed by atoms with Crippen LogP contribution in [0.3, 0.4) is 0 Å². The van der Waals surface area contributed by atoms with Gasteiger partial charge >= 0.3 is 6.11 Å². The molecule has 0 N–H and O–H groups in total. The molecule has 21 heavy (non-hydrogen) atoms. The Morgan fingerprint density at radius 3 is 2.24 bits per heavy atom. The summed E-state index contributed by atoms with van der Waals surface area (Å²) < 4.78 is 32.4. The van der Waals surface area contributed by atoms with E-state index in [9.17, 15) is 8.78 Å². The highest BCUT2D eigenvalue weighted by Gasteiger charge is 2.37. The van der Waals surface area contributed by atoms with Gasteiger partial charge in [-0.1, -0.05) is 45.7 Å². The van der Waals surface area contributed by atoms with Crippen LogP contribution in [0.5, 0.6) is 5.75 Å². The molecule has 0 spiro atoms. The van der Waals surface area contributed by atoms with Gasteiger partial charge in [-0.15, -0.1) is 0 Å². The zero-order valence-corrected chi connectivity index (χ0v) is 13.2. The van der Waals surface area contributed by atoms with Crippen molar-refractivity contribution in [3.63, 3.8) is 0 Å². The molecular weight excluding hydrogens is 270 g/mol. The van der Waals surface area contributed by atoms with Crippen molar-refractivity contribution in [1.82, 2.24) is 0 Å². The number of alkyl halides is 2. The van der Waals surface area contributed by atoms with Crippen molar-refractivity contribution in [3.05, 3.63) is 29.8 Å². The van der Waals surface area contributed by atoms with E-state index in [0.717, 1.165) is 5.92 Å².